The van der Waals surface area contributed by atoms with Gasteiger partial charge in [0.1, 0.15) is 13.2 Å². The van der Waals surface area contributed by atoms with E-state index in [2.05, 4.69) is 0 Å². The van der Waals surface area contributed by atoms with Crippen LogP contribution in [-0.2, 0) is 22.7 Å². The highest BCUT2D eigenvalue weighted by Crippen LogP contribution is 2.27. The Balaban J connectivity index is 1.74. The summed E-state index contributed by atoms with van der Waals surface area (Å²) in [6, 6.07) is 15.0. The van der Waals surface area contributed by atoms with E-state index in [1.54, 1.807) is 66.1 Å². The molecule has 2 aromatic carbocycles. The molecule has 3 rings (SSSR count). The Morgan fingerprint density at radius 1 is 0.844 bits per heavy atom. The Kier molecular flexibility index (Phi) is 7.50. The van der Waals surface area contributed by atoms with Crippen LogP contribution in [0.5, 0.6) is 0 Å². The standard InChI is InChI=1S/C22H18F2N2O5S/c23-22(24,19(27)18-12-7-13-32-18)26(21(29)31-15-17-10-5-2-6-11-17)25-20(28)30-14-16-8-3-1-4-9-16/h1-13H,14-15H2,(H,25,28). The van der Waals surface area contributed by atoms with Crippen molar-refractivity contribution in [3.05, 3.63) is 94.2 Å². The second-order valence-corrected chi connectivity index (χ2v) is 7.34. The Morgan fingerprint density at radius 3 is 1.94 bits per heavy atom. The molecule has 0 atom stereocenters. The molecule has 0 bridgehead atoms. The van der Waals surface area contributed by atoms with Crippen molar-refractivity contribution >= 4 is 29.3 Å². The highest BCUT2D eigenvalue weighted by atomic mass is 32.1. The SMILES string of the molecule is O=C(NN(C(=O)OCc1ccccc1)C(F)(F)C(=O)c1cccs1)OCc1ccccc1. The Hall–Kier alpha value is -3.79. The predicted molar refractivity (Wildman–Crippen MR) is 112 cm³/mol. The second kappa shape index (κ2) is 10.5. The molecule has 0 fully saturated rings. The number of amides is 2. The second-order valence-electron chi connectivity index (χ2n) is 6.40. The summed E-state index contributed by atoms with van der Waals surface area (Å²) in [6.45, 7) is -0.579. The molecule has 2 amide bonds. The number of nitrogens with one attached hydrogen (secondary N) is 1. The van der Waals surface area contributed by atoms with E-state index in [-0.39, 0.29) is 18.1 Å². The highest BCUT2D eigenvalue weighted by molar-refractivity contribution is 7.12. The minimum Gasteiger partial charge on any atom is -0.443 e. The molecule has 1 heterocycles. The lowest BCUT2D eigenvalue weighted by Gasteiger charge is -2.28. The summed E-state index contributed by atoms with van der Waals surface area (Å²) < 4.78 is 39.7. The van der Waals surface area contributed by atoms with Gasteiger partial charge in [-0.2, -0.15) is 8.78 Å². The maximum absolute atomic E-state index is 15.0. The summed E-state index contributed by atoms with van der Waals surface area (Å²) in [4.78, 5) is 36.6. The van der Waals surface area contributed by atoms with Crippen molar-refractivity contribution in [1.82, 2.24) is 10.4 Å². The number of alkyl halides is 2. The Morgan fingerprint density at radius 2 is 1.41 bits per heavy atom. The van der Waals surface area contributed by atoms with Crippen molar-refractivity contribution in [3.8, 4) is 0 Å². The quantitative estimate of drug-likeness (QED) is 0.305. The van der Waals surface area contributed by atoms with Crippen molar-refractivity contribution in [2.45, 2.75) is 19.3 Å². The molecule has 32 heavy (non-hydrogen) atoms. The number of Topliss-reactive ketones (excluding diaryl/α,β-unsaturated/α-hetero) is 1. The van der Waals surface area contributed by atoms with Crippen LogP contribution >= 0.6 is 11.3 Å². The molecule has 7 nitrogen and oxygen atoms in total. The van der Waals surface area contributed by atoms with Crippen LogP contribution in [0, 0.1) is 0 Å². The Labute approximate surface area is 186 Å². The van der Waals surface area contributed by atoms with Crippen molar-refractivity contribution in [2.75, 3.05) is 0 Å². The first kappa shape index (κ1) is 22.9. The molecule has 0 saturated carbocycles. The summed E-state index contributed by atoms with van der Waals surface area (Å²) in [5.41, 5.74) is 2.77. The third-order valence-corrected chi connectivity index (χ3v) is 4.97. The number of nitrogens with zero attached hydrogens (tertiary/aromatic N) is 1. The summed E-state index contributed by atoms with van der Waals surface area (Å²) >= 11 is 0.771. The largest absolute Gasteiger partial charge is 0.443 e. The number of hydrogen-bond acceptors (Lipinski definition) is 6. The number of carbonyl (C=O) groups is 3. The van der Waals surface area contributed by atoms with Gasteiger partial charge in [0.25, 0.3) is 5.78 Å². The van der Waals surface area contributed by atoms with Crippen LogP contribution in [0.2, 0.25) is 0 Å². The van der Waals surface area contributed by atoms with Gasteiger partial charge in [-0.15, -0.1) is 16.3 Å². The van der Waals surface area contributed by atoms with Gasteiger partial charge in [-0.3, -0.25) is 4.79 Å². The molecule has 0 radical (unpaired) electrons. The number of ether oxygens (including phenoxy) is 2. The lowest BCUT2D eigenvalue weighted by Crippen LogP contribution is -2.59. The zero-order chi connectivity index (χ0) is 23.0. The average molecular weight is 460 g/mol. The number of ketones is 1. The summed E-state index contributed by atoms with van der Waals surface area (Å²) in [5, 5.41) is 0.980. The van der Waals surface area contributed by atoms with Crippen LogP contribution in [-0.4, -0.2) is 29.0 Å². The number of thiophene rings is 1. The normalized spacial score (nSPS) is 10.8. The van der Waals surface area contributed by atoms with Crippen LogP contribution < -0.4 is 5.43 Å². The number of rotatable bonds is 7. The first-order valence-electron chi connectivity index (χ1n) is 9.32. The zero-order valence-corrected chi connectivity index (χ0v) is 17.4. The molecular formula is C22H18F2N2O5S. The predicted octanol–water partition coefficient (Wildman–Crippen LogP) is 5.00. The van der Waals surface area contributed by atoms with E-state index in [0.29, 0.717) is 11.1 Å². The van der Waals surface area contributed by atoms with Crippen molar-refractivity contribution in [1.29, 1.82) is 0 Å². The van der Waals surface area contributed by atoms with E-state index >= 15 is 0 Å². The van der Waals surface area contributed by atoms with E-state index in [1.807, 2.05) is 0 Å². The molecule has 1 aromatic heterocycles. The van der Waals surface area contributed by atoms with Gasteiger partial charge in [0, 0.05) is 0 Å². The van der Waals surface area contributed by atoms with Crippen LogP contribution in [0.25, 0.3) is 0 Å². The first-order valence-corrected chi connectivity index (χ1v) is 10.2. The number of halogens is 2. The number of hydrazine groups is 1. The van der Waals surface area contributed by atoms with Gasteiger partial charge >= 0.3 is 18.2 Å². The molecule has 0 aliphatic carbocycles. The monoisotopic (exact) mass is 460 g/mol. The van der Waals surface area contributed by atoms with E-state index in [1.165, 1.54) is 17.5 Å². The minimum atomic E-state index is -4.43. The van der Waals surface area contributed by atoms with Crippen molar-refractivity contribution < 1.29 is 32.6 Å². The third kappa shape index (κ3) is 5.88. The topological polar surface area (TPSA) is 84.9 Å². The van der Waals surface area contributed by atoms with Gasteiger partial charge < -0.3 is 9.47 Å². The third-order valence-electron chi connectivity index (χ3n) is 4.10. The molecule has 0 aliphatic rings. The minimum absolute atomic E-state index is 0.232. The molecular weight excluding hydrogens is 442 g/mol. The molecule has 0 spiro atoms. The smallest absolute Gasteiger partial charge is 0.434 e. The lowest BCUT2D eigenvalue weighted by atomic mass is 10.2. The van der Waals surface area contributed by atoms with Crippen LogP contribution in [0.4, 0.5) is 18.4 Å². The highest BCUT2D eigenvalue weighted by Gasteiger charge is 2.51. The summed E-state index contributed by atoms with van der Waals surface area (Å²) in [6.07, 6.45) is -2.98. The number of carbonyl (C=O) groups excluding carboxylic acids is 3. The molecule has 0 aliphatic heterocycles. The van der Waals surface area contributed by atoms with Gasteiger partial charge in [-0.1, -0.05) is 66.7 Å². The van der Waals surface area contributed by atoms with Crippen LogP contribution in [0.3, 0.4) is 0 Å². The fourth-order valence-corrected chi connectivity index (χ4v) is 3.21. The van der Waals surface area contributed by atoms with Gasteiger partial charge in [-0.05, 0) is 22.6 Å². The fourth-order valence-electron chi connectivity index (χ4n) is 2.52. The molecule has 1 N–H and O–H groups in total. The summed E-state index contributed by atoms with van der Waals surface area (Å²) in [5.74, 6) is -1.67. The van der Waals surface area contributed by atoms with Gasteiger partial charge in [0.2, 0.25) is 0 Å². The molecule has 10 heteroatoms. The Bertz CT molecular complexity index is 1050. The average Bonchev–Trinajstić information content (AvgIpc) is 3.35. The zero-order valence-electron chi connectivity index (χ0n) is 16.6. The van der Waals surface area contributed by atoms with E-state index in [4.69, 9.17) is 9.47 Å². The van der Waals surface area contributed by atoms with Crippen LogP contribution in [0.1, 0.15) is 20.8 Å². The van der Waals surface area contributed by atoms with E-state index < -0.39 is 29.0 Å². The van der Waals surface area contributed by atoms with Crippen molar-refractivity contribution in [3.63, 3.8) is 0 Å². The lowest BCUT2D eigenvalue weighted by molar-refractivity contribution is -0.117. The van der Waals surface area contributed by atoms with Gasteiger partial charge in [0.15, 0.2) is 0 Å². The molecule has 166 valence electrons. The van der Waals surface area contributed by atoms with Crippen molar-refractivity contribution in [2.24, 2.45) is 0 Å². The van der Waals surface area contributed by atoms with Gasteiger partial charge in [-0.25, -0.2) is 15.0 Å². The maximum atomic E-state index is 15.0. The molecule has 0 unspecified atom stereocenters. The molecule has 3 aromatic rings. The molecule has 0 saturated heterocycles. The van der Waals surface area contributed by atoms with E-state index in [0.717, 1.165) is 11.3 Å². The number of benzene rings is 2. The van der Waals surface area contributed by atoms with Crippen LogP contribution in [0.15, 0.2) is 78.2 Å². The maximum Gasteiger partial charge on any atom is 0.434 e. The first-order chi connectivity index (χ1) is 15.4. The summed E-state index contributed by atoms with van der Waals surface area (Å²) in [7, 11) is 0. The van der Waals surface area contributed by atoms with E-state index in [9.17, 15) is 23.2 Å². The fraction of sp³-hybridized carbons (Fsp3) is 0.136. The van der Waals surface area contributed by atoms with Gasteiger partial charge in [0.05, 0.1) is 4.88 Å². The number of hydrogen-bond donors (Lipinski definition) is 1.